The molecule has 1 aliphatic heterocycles. The summed E-state index contributed by atoms with van der Waals surface area (Å²) in [5, 5.41) is 0. The van der Waals surface area contributed by atoms with E-state index in [0.29, 0.717) is 50.6 Å². The highest BCUT2D eigenvalue weighted by Crippen LogP contribution is 2.26. The molecule has 0 aromatic heterocycles. The maximum atomic E-state index is 11.7. The SMILES string of the molecule is CCOC(=O)c1ccc(N2CCN(C(=O)OCC)CC2)c(N)c1. The maximum Gasteiger partial charge on any atom is 0.409 e. The maximum absolute atomic E-state index is 11.7. The number of esters is 1. The predicted octanol–water partition coefficient (Wildman–Crippen LogP) is 1.72. The minimum atomic E-state index is -0.377. The molecule has 1 fully saturated rings. The summed E-state index contributed by atoms with van der Waals surface area (Å²) in [5.41, 5.74) is 7.91. The van der Waals surface area contributed by atoms with Gasteiger partial charge in [0.05, 0.1) is 30.2 Å². The Morgan fingerprint density at radius 2 is 1.74 bits per heavy atom. The largest absolute Gasteiger partial charge is 0.462 e. The molecule has 0 unspecified atom stereocenters. The van der Waals surface area contributed by atoms with Crippen molar-refractivity contribution >= 4 is 23.4 Å². The third-order valence-electron chi connectivity index (χ3n) is 3.69. The molecule has 7 nitrogen and oxygen atoms in total. The number of benzene rings is 1. The van der Waals surface area contributed by atoms with Gasteiger partial charge >= 0.3 is 12.1 Å². The number of nitrogens with two attached hydrogens (primary N) is 1. The number of carbonyl (C=O) groups excluding carboxylic acids is 2. The molecular formula is C16H23N3O4. The van der Waals surface area contributed by atoms with Crippen LogP contribution in [-0.4, -0.2) is 56.4 Å². The first-order chi connectivity index (χ1) is 11.1. The van der Waals surface area contributed by atoms with Gasteiger partial charge in [-0.2, -0.15) is 0 Å². The topological polar surface area (TPSA) is 85.1 Å². The van der Waals surface area contributed by atoms with Crippen LogP contribution in [0.5, 0.6) is 0 Å². The Balaban J connectivity index is 2.01. The zero-order valence-corrected chi connectivity index (χ0v) is 13.6. The molecule has 0 bridgehead atoms. The van der Waals surface area contributed by atoms with Crippen LogP contribution in [0.25, 0.3) is 0 Å². The van der Waals surface area contributed by atoms with Crippen molar-refractivity contribution in [2.45, 2.75) is 13.8 Å². The monoisotopic (exact) mass is 321 g/mol. The summed E-state index contributed by atoms with van der Waals surface area (Å²) in [6.45, 7) is 6.76. The van der Waals surface area contributed by atoms with Gasteiger partial charge in [-0.05, 0) is 32.0 Å². The van der Waals surface area contributed by atoms with E-state index in [1.807, 2.05) is 6.07 Å². The van der Waals surface area contributed by atoms with E-state index in [4.69, 9.17) is 15.2 Å². The van der Waals surface area contributed by atoms with Crippen LogP contribution in [0.2, 0.25) is 0 Å². The number of hydrogen-bond acceptors (Lipinski definition) is 6. The highest BCUT2D eigenvalue weighted by Gasteiger charge is 2.23. The Morgan fingerprint density at radius 3 is 2.30 bits per heavy atom. The molecule has 126 valence electrons. The number of carbonyl (C=O) groups is 2. The molecule has 1 amide bonds. The Hall–Kier alpha value is -2.44. The van der Waals surface area contributed by atoms with Crippen molar-refractivity contribution in [2.24, 2.45) is 0 Å². The van der Waals surface area contributed by atoms with Gasteiger partial charge in [-0.1, -0.05) is 0 Å². The van der Waals surface area contributed by atoms with Crippen LogP contribution >= 0.6 is 0 Å². The smallest absolute Gasteiger partial charge is 0.409 e. The summed E-state index contributed by atoms with van der Waals surface area (Å²) in [5.74, 6) is -0.377. The number of anilines is 2. The summed E-state index contributed by atoms with van der Waals surface area (Å²) in [4.78, 5) is 27.2. The summed E-state index contributed by atoms with van der Waals surface area (Å²) < 4.78 is 9.97. The first-order valence-corrected chi connectivity index (χ1v) is 7.80. The Bertz CT molecular complexity index is 568. The summed E-state index contributed by atoms with van der Waals surface area (Å²) >= 11 is 0. The van der Waals surface area contributed by atoms with E-state index in [1.165, 1.54) is 0 Å². The molecule has 0 atom stereocenters. The van der Waals surface area contributed by atoms with Crippen LogP contribution in [-0.2, 0) is 9.47 Å². The van der Waals surface area contributed by atoms with Crippen molar-refractivity contribution < 1.29 is 19.1 Å². The first-order valence-electron chi connectivity index (χ1n) is 7.80. The lowest BCUT2D eigenvalue weighted by molar-refractivity contribution is 0.0526. The molecule has 1 saturated heterocycles. The van der Waals surface area contributed by atoms with E-state index in [0.717, 1.165) is 5.69 Å². The summed E-state index contributed by atoms with van der Waals surface area (Å²) in [6.07, 6.45) is -0.280. The minimum Gasteiger partial charge on any atom is -0.462 e. The highest BCUT2D eigenvalue weighted by atomic mass is 16.6. The predicted molar refractivity (Wildman–Crippen MR) is 87.6 cm³/mol. The van der Waals surface area contributed by atoms with Crippen LogP contribution in [0.15, 0.2) is 18.2 Å². The molecule has 1 aliphatic rings. The zero-order valence-electron chi connectivity index (χ0n) is 13.6. The highest BCUT2D eigenvalue weighted by molar-refractivity contribution is 5.92. The third kappa shape index (κ3) is 4.06. The van der Waals surface area contributed by atoms with E-state index in [9.17, 15) is 9.59 Å². The lowest BCUT2D eigenvalue weighted by Gasteiger charge is -2.36. The summed E-state index contributed by atoms with van der Waals surface area (Å²) in [7, 11) is 0. The molecule has 0 radical (unpaired) electrons. The van der Waals surface area contributed by atoms with Crippen LogP contribution in [0.4, 0.5) is 16.2 Å². The number of amides is 1. The molecule has 2 rings (SSSR count). The van der Waals surface area contributed by atoms with Gasteiger partial charge < -0.3 is 25.0 Å². The van der Waals surface area contributed by atoms with E-state index in [2.05, 4.69) is 4.90 Å². The van der Waals surface area contributed by atoms with Gasteiger partial charge in [0, 0.05) is 26.2 Å². The molecule has 7 heteroatoms. The zero-order chi connectivity index (χ0) is 16.8. The average molecular weight is 321 g/mol. The fraction of sp³-hybridized carbons (Fsp3) is 0.500. The van der Waals surface area contributed by atoms with E-state index in [-0.39, 0.29) is 12.1 Å². The van der Waals surface area contributed by atoms with Crippen LogP contribution in [0.1, 0.15) is 24.2 Å². The number of rotatable bonds is 4. The number of hydrogen-bond donors (Lipinski definition) is 1. The van der Waals surface area contributed by atoms with Crippen molar-refractivity contribution in [2.75, 3.05) is 50.0 Å². The van der Waals surface area contributed by atoms with E-state index >= 15 is 0 Å². The second-order valence-corrected chi connectivity index (χ2v) is 5.17. The minimum absolute atomic E-state index is 0.280. The molecule has 1 aromatic rings. The molecule has 0 spiro atoms. The van der Waals surface area contributed by atoms with Crippen LogP contribution < -0.4 is 10.6 Å². The van der Waals surface area contributed by atoms with E-state index < -0.39 is 0 Å². The van der Waals surface area contributed by atoms with Gasteiger partial charge in [-0.3, -0.25) is 0 Å². The van der Waals surface area contributed by atoms with Crippen molar-refractivity contribution in [1.82, 2.24) is 4.90 Å². The van der Waals surface area contributed by atoms with Crippen LogP contribution in [0.3, 0.4) is 0 Å². The third-order valence-corrected chi connectivity index (χ3v) is 3.69. The van der Waals surface area contributed by atoms with Crippen molar-refractivity contribution in [3.8, 4) is 0 Å². The Labute approximate surface area is 135 Å². The van der Waals surface area contributed by atoms with Gasteiger partial charge in [0.1, 0.15) is 0 Å². The van der Waals surface area contributed by atoms with Crippen molar-refractivity contribution in [1.29, 1.82) is 0 Å². The molecule has 1 heterocycles. The fourth-order valence-electron chi connectivity index (χ4n) is 2.53. The molecule has 0 saturated carbocycles. The number of ether oxygens (including phenoxy) is 2. The van der Waals surface area contributed by atoms with E-state index in [1.54, 1.807) is 30.9 Å². The van der Waals surface area contributed by atoms with Gasteiger partial charge in [-0.15, -0.1) is 0 Å². The van der Waals surface area contributed by atoms with Gasteiger partial charge in [0.15, 0.2) is 0 Å². The summed E-state index contributed by atoms with van der Waals surface area (Å²) in [6, 6.07) is 5.16. The standard InChI is InChI=1S/C16H23N3O4/c1-3-22-15(20)12-5-6-14(13(17)11-12)18-7-9-19(10-8-18)16(21)23-4-2/h5-6,11H,3-4,7-10,17H2,1-2H3. The molecule has 23 heavy (non-hydrogen) atoms. The van der Waals surface area contributed by atoms with Gasteiger partial charge in [0.25, 0.3) is 0 Å². The van der Waals surface area contributed by atoms with Crippen LogP contribution in [0, 0.1) is 0 Å². The second kappa shape index (κ2) is 7.71. The van der Waals surface area contributed by atoms with Crippen molar-refractivity contribution in [3.63, 3.8) is 0 Å². The molecule has 0 aliphatic carbocycles. The number of nitrogen functional groups attached to an aromatic ring is 1. The average Bonchev–Trinajstić information content (AvgIpc) is 2.55. The van der Waals surface area contributed by atoms with Gasteiger partial charge in [-0.25, -0.2) is 9.59 Å². The number of nitrogens with zero attached hydrogens (tertiary/aromatic N) is 2. The molecular weight excluding hydrogens is 298 g/mol. The molecule has 1 aromatic carbocycles. The quantitative estimate of drug-likeness (QED) is 0.671. The van der Waals surface area contributed by atoms with Gasteiger partial charge in [0.2, 0.25) is 0 Å². The first kappa shape index (κ1) is 16.9. The Morgan fingerprint density at radius 1 is 1.09 bits per heavy atom. The normalized spacial score (nSPS) is 14.5. The second-order valence-electron chi connectivity index (χ2n) is 5.17. The molecule has 2 N–H and O–H groups in total. The fourth-order valence-corrected chi connectivity index (χ4v) is 2.53. The Kier molecular flexibility index (Phi) is 5.67. The lowest BCUT2D eigenvalue weighted by atomic mass is 10.1. The lowest BCUT2D eigenvalue weighted by Crippen LogP contribution is -2.49. The number of piperazine rings is 1. The van der Waals surface area contributed by atoms with Crippen molar-refractivity contribution in [3.05, 3.63) is 23.8 Å².